The lowest BCUT2D eigenvalue weighted by Crippen LogP contribution is -2.30. The lowest BCUT2D eigenvalue weighted by molar-refractivity contribution is -0.186. The van der Waals surface area contributed by atoms with E-state index in [-0.39, 0.29) is 0 Å². The van der Waals surface area contributed by atoms with Gasteiger partial charge in [-0.2, -0.15) is 13.2 Å². The van der Waals surface area contributed by atoms with Gasteiger partial charge in [-0.25, -0.2) is 0 Å². The van der Waals surface area contributed by atoms with Crippen molar-refractivity contribution in [2.24, 2.45) is 5.92 Å². The minimum absolute atomic E-state index is 0.580. The van der Waals surface area contributed by atoms with Crippen LogP contribution in [0.1, 0.15) is 12.5 Å². The zero-order chi connectivity index (χ0) is 12.2. The molecular formula is C12H11F3O. The van der Waals surface area contributed by atoms with E-state index in [2.05, 4.69) is 11.8 Å². The van der Waals surface area contributed by atoms with E-state index < -0.39 is 18.2 Å². The highest BCUT2D eigenvalue weighted by Gasteiger charge is 2.40. The van der Waals surface area contributed by atoms with Crippen LogP contribution in [-0.2, 0) is 0 Å². The summed E-state index contributed by atoms with van der Waals surface area (Å²) in [6.45, 7) is 0.907. The van der Waals surface area contributed by atoms with Crippen LogP contribution in [0.3, 0.4) is 0 Å². The van der Waals surface area contributed by atoms with Crippen molar-refractivity contribution >= 4 is 0 Å². The van der Waals surface area contributed by atoms with E-state index in [0.717, 1.165) is 6.92 Å². The van der Waals surface area contributed by atoms with E-state index in [1.54, 1.807) is 30.3 Å². The molecule has 0 fully saturated rings. The number of alkyl halides is 3. The van der Waals surface area contributed by atoms with Gasteiger partial charge in [-0.15, -0.1) is 0 Å². The van der Waals surface area contributed by atoms with Gasteiger partial charge in [0.1, 0.15) is 6.10 Å². The molecule has 1 aromatic carbocycles. The number of benzene rings is 1. The first-order chi connectivity index (χ1) is 7.41. The summed E-state index contributed by atoms with van der Waals surface area (Å²) < 4.78 is 36.6. The zero-order valence-electron chi connectivity index (χ0n) is 8.62. The molecule has 4 heteroatoms. The predicted molar refractivity (Wildman–Crippen MR) is 54.5 cm³/mol. The first kappa shape index (κ1) is 12.6. The molecule has 0 saturated heterocycles. The molecule has 0 aliphatic rings. The molecule has 16 heavy (non-hydrogen) atoms. The van der Waals surface area contributed by atoms with Crippen molar-refractivity contribution in [3.8, 4) is 11.8 Å². The molecule has 0 amide bonds. The van der Waals surface area contributed by atoms with Gasteiger partial charge in [0.15, 0.2) is 0 Å². The van der Waals surface area contributed by atoms with Crippen LogP contribution in [0.15, 0.2) is 30.3 Å². The van der Waals surface area contributed by atoms with Gasteiger partial charge >= 0.3 is 6.18 Å². The van der Waals surface area contributed by atoms with Crippen LogP contribution in [0.4, 0.5) is 13.2 Å². The molecule has 0 aliphatic heterocycles. The molecule has 0 bridgehead atoms. The number of aliphatic hydroxyl groups is 1. The predicted octanol–water partition coefficient (Wildman–Crippen LogP) is 2.60. The summed E-state index contributed by atoms with van der Waals surface area (Å²) in [4.78, 5) is 0. The van der Waals surface area contributed by atoms with Crippen LogP contribution in [0, 0.1) is 17.8 Å². The van der Waals surface area contributed by atoms with Gasteiger partial charge in [0.2, 0.25) is 0 Å². The normalized spacial score (nSPS) is 14.8. The van der Waals surface area contributed by atoms with Crippen molar-refractivity contribution in [1.29, 1.82) is 0 Å². The SMILES string of the molecule is C[C@@H]([C@H](O)C#Cc1ccccc1)C(F)(F)F. The topological polar surface area (TPSA) is 20.2 Å². The number of aliphatic hydroxyl groups excluding tert-OH is 1. The maximum atomic E-state index is 12.2. The summed E-state index contributed by atoms with van der Waals surface area (Å²) >= 11 is 0. The Balaban J connectivity index is 2.72. The third-order valence-electron chi connectivity index (χ3n) is 2.13. The molecule has 0 aliphatic carbocycles. The molecule has 0 spiro atoms. The van der Waals surface area contributed by atoms with E-state index in [1.165, 1.54) is 0 Å². The van der Waals surface area contributed by atoms with Crippen LogP contribution >= 0.6 is 0 Å². The maximum Gasteiger partial charge on any atom is 0.394 e. The summed E-state index contributed by atoms with van der Waals surface area (Å²) in [5.74, 6) is 2.84. The maximum absolute atomic E-state index is 12.2. The lowest BCUT2D eigenvalue weighted by Gasteiger charge is -2.16. The first-order valence-electron chi connectivity index (χ1n) is 4.72. The second kappa shape index (κ2) is 5.04. The fraction of sp³-hybridized carbons (Fsp3) is 0.333. The third kappa shape index (κ3) is 3.59. The van der Waals surface area contributed by atoms with E-state index in [1.807, 2.05) is 0 Å². The fourth-order valence-corrected chi connectivity index (χ4v) is 0.983. The largest absolute Gasteiger partial charge is 0.394 e. The highest BCUT2D eigenvalue weighted by molar-refractivity contribution is 5.34. The van der Waals surface area contributed by atoms with Crippen LogP contribution in [0.2, 0.25) is 0 Å². The monoisotopic (exact) mass is 228 g/mol. The Hall–Kier alpha value is -1.47. The van der Waals surface area contributed by atoms with E-state index in [0.29, 0.717) is 5.56 Å². The second-order valence-electron chi connectivity index (χ2n) is 3.41. The average molecular weight is 228 g/mol. The summed E-state index contributed by atoms with van der Waals surface area (Å²) in [7, 11) is 0. The Kier molecular flexibility index (Phi) is 3.97. The fourth-order valence-electron chi connectivity index (χ4n) is 0.983. The Bertz CT molecular complexity index is 386. The molecule has 2 atom stereocenters. The van der Waals surface area contributed by atoms with Crippen molar-refractivity contribution in [1.82, 2.24) is 0 Å². The molecule has 1 aromatic rings. The molecule has 1 nitrogen and oxygen atoms in total. The minimum atomic E-state index is -4.43. The molecule has 86 valence electrons. The molecule has 0 heterocycles. The van der Waals surface area contributed by atoms with E-state index in [9.17, 15) is 18.3 Å². The zero-order valence-corrected chi connectivity index (χ0v) is 8.62. The van der Waals surface area contributed by atoms with E-state index in [4.69, 9.17) is 0 Å². The van der Waals surface area contributed by atoms with E-state index >= 15 is 0 Å². The molecule has 1 rings (SSSR count). The van der Waals surface area contributed by atoms with Gasteiger partial charge in [-0.1, -0.05) is 37.0 Å². The summed E-state index contributed by atoms with van der Waals surface area (Å²) in [5.41, 5.74) is 0.580. The summed E-state index contributed by atoms with van der Waals surface area (Å²) in [6, 6.07) is 8.56. The highest BCUT2D eigenvalue weighted by atomic mass is 19.4. The second-order valence-corrected chi connectivity index (χ2v) is 3.41. The Labute approximate surface area is 91.9 Å². The van der Waals surface area contributed by atoms with Gasteiger partial charge in [-0.05, 0) is 12.1 Å². The van der Waals surface area contributed by atoms with Crippen LogP contribution in [0.25, 0.3) is 0 Å². The van der Waals surface area contributed by atoms with Crippen LogP contribution in [-0.4, -0.2) is 17.4 Å². The Morgan fingerprint density at radius 2 is 1.75 bits per heavy atom. The van der Waals surface area contributed by atoms with Crippen molar-refractivity contribution in [2.75, 3.05) is 0 Å². The first-order valence-corrected chi connectivity index (χ1v) is 4.72. The number of rotatable bonds is 1. The van der Waals surface area contributed by atoms with Crippen LogP contribution in [0.5, 0.6) is 0 Å². The van der Waals surface area contributed by atoms with Crippen molar-refractivity contribution < 1.29 is 18.3 Å². The van der Waals surface area contributed by atoms with Crippen LogP contribution < -0.4 is 0 Å². The molecule has 0 radical (unpaired) electrons. The number of halogens is 3. The Morgan fingerprint density at radius 1 is 1.19 bits per heavy atom. The van der Waals surface area contributed by atoms with Crippen molar-refractivity contribution in [3.05, 3.63) is 35.9 Å². The standard InChI is InChI=1S/C12H11F3O/c1-9(12(13,14)15)11(16)8-7-10-5-3-2-4-6-10/h2-6,9,11,16H,1H3/t9-,11+/m0/s1. The average Bonchev–Trinajstić information content (AvgIpc) is 2.25. The summed E-state index contributed by atoms with van der Waals surface area (Å²) in [6.07, 6.45) is -6.12. The Morgan fingerprint density at radius 3 is 2.25 bits per heavy atom. The quantitative estimate of drug-likeness (QED) is 0.732. The third-order valence-corrected chi connectivity index (χ3v) is 2.13. The molecule has 0 unspecified atom stereocenters. The number of hydrogen-bond acceptors (Lipinski definition) is 1. The van der Waals surface area contributed by atoms with Gasteiger partial charge < -0.3 is 5.11 Å². The van der Waals surface area contributed by atoms with Gasteiger partial charge in [0, 0.05) is 5.56 Å². The lowest BCUT2D eigenvalue weighted by atomic mass is 10.0. The molecular weight excluding hydrogens is 217 g/mol. The molecule has 1 N–H and O–H groups in total. The van der Waals surface area contributed by atoms with Gasteiger partial charge in [0.05, 0.1) is 5.92 Å². The van der Waals surface area contributed by atoms with Gasteiger partial charge in [-0.3, -0.25) is 0 Å². The minimum Gasteiger partial charge on any atom is -0.380 e. The van der Waals surface area contributed by atoms with Gasteiger partial charge in [0.25, 0.3) is 0 Å². The van der Waals surface area contributed by atoms with Crippen molar-refractivity contribution in [3.63, 3.8) is 0 Å². The highest BCUT2D eigenvalue weighted by Crippen LogP contribution is 2.28. The summed E-state index contributed by atoms with van der Waals surface area (Å²) in [5, 5.41) is 9.22. The smallest absolute Gasteiger partial charge is 0.380 e. The number of hydrogen-bond donors (Lipinski definition) is 1. The molecule has 0 saturated carbocycles. The van der Waals surface area contributed by atoms with Crippen molar-refractivity contribution in [2.45, 2.75) is 19.2 Å². The molecule has 0 aromatic heterocycles.